The van der Waals surface area contributed by atoms with Crippen LogP contribution in [0.3, 0.4) is 0 Å². The van der Waals surface area contributed by atoms with Crippen molar-refractivity contribution in [2.75, 3.05) is 26.3 Å². The van der Waals surface area contributed by atoms with Gasteiger partial charge in [-0.3, -0.25) is 9.78 Å². The van der Waals surface area contributed by atoms with Crippen LogP contribution in [-0.4, -0.2) is 54.9 Å². The number of benzene rings is 2. The molecule has 1 aliphatic heterocycles. The quantitative estimate of drug-likeness (QED) is 0.412. The third kappa shape index (κ3) is 4.96. The van der Waals surface area contributed by atoms with E-state index in [4.69, 9.17) is 16.3 Å². The first kappa shape index (κ1) is 24.3. The molecule has 0 saturated carbocycles. The van der Waals surface area contributed by atoms with Gasteiger partial charge in [0.15, 0.2) is 0 Å². The van der Waals surface area contributed by atoms with E-state index in [-0.39, 0.29) is 30.4 Å². The van der Waals surface area contributed by atoms with Crippen molar-refractivity contribution in [1.29, 1.82) is 0 Å². The molecule has 0 radical (unpaired) electrons. The Morgan fingerprint density at radius 3 is 2.53 bits per heavy atom. The number of pyridine rings is 2. The zero-order valence-electron chi connectivity index (χ0n) is 19.2. The maximum atomic E-state index is 13.4. The normalized spacial score (nSPS) is 14.6. The van der Waals surface area contributed by atoms with Crippen LogP contribution in [0.4, 0.5) is 0 Å². The van der Waals surface area contributed by atoms with Gasteiger partial charge in [0.25, 0.3) is 5.91 Å². The number of nitrogens with zero attached hydrogens (tertiary/aromatic N) is 3. The van der Waals surface area contributed by atoms with Crippen LogP contribution < -0.4 is 5.32 Å². The SMILES string of the molecule is O=C(NCc1ccccc1Cl)c1cc(-c2ccccn2)nc2ccc(S(=O)(=O)N3CCOCC3)cc12. The fraction of sp³-hybridized carbons (Fsp3) is 0.192. The summed E-state index contributed by atoms with van der Waals surface area (Å²) in [5.41, 5.74) is 2.67. The van der Waals surface area contributed by atoms with Gasteiger partial charge < -0.3 is 10.1 Å². The largest absolute Gasteiger partial charge is 0.379 e. The average molecular weight is 523 g/mol. The van der Waals surface area contributed by atoms with E-state index in [0.717, 1.165) is 5.56 Å². The van der Waals surface area contributed by atoms with Crippen LogP contribution in [0.1, 0.15) is 15.9 Å². The molecule has 5 rings (SSSR count). The molecule has 0 atom stereocenters. The van der Waals surface area contributed by atoms with Gasteiger partial charge in [0.2, 0.25) is 10.0 Å². The second-order valence-corrected chi connectivity index (χ2v) is 10.6. The molecule has 2 aromatic carbocycles. The summed E-state index contributed by atoms with van der Waals surface area (Å²) in [5, 5.41) is 3.88. The summed E-state index contributed by atoms with van der Waals surface area (Å²) < 4.78 is 33.2. The van der Waals surface area contributed by atoms with E-state index < -0.39 is 10.0 Å². The van der Waals surface area contributed by atoms with Crippen molar-refractivity contribution in [3.05, 3.63) is 89.1 Å². The zero-order chi connectivity index (χ0) is 25.1. The Labute approximate surface area is 213 Å². The number of carbonyl (C=O) groups excluding carboxylic acids is 1. The van der Waals surface area contributed by atoms with Crippen molar-refractivity contribution in [3.8, 4) is 11.4 Å². The van der Waals surface area contributed by atoms with Crippen molar-refractivity contribution >= 4 is 38.4 Å². The molecule has 1 fully saturated rings. The summed E-state index contributed by atoms with van der Waals surface area (Å²) >= 11 is 6.25. The number of carbonyl (C=O) groups is 1. The number of nitrogens with one attached hydrogen (secondary N) is 1. The molecule has 0 spiro atoms. The first-order valence-corrected chi connectivity index (χ1v) is 13.2. The maximum absolute atomic E-state index is 13.4. The molecule has 184 valence electrons. The molecule has 0 bridgehead atoms. The zero-order valence-corrected chi connectivity index (χ0v) is 20.8. The minimum atomic E-state index is -3.76. The van der Waals surface area contributed by atoms with Crippen molar-refractivity contribution in [2.45, 2.75) is 11.4 Å². The third-order valence-electron chi connectivity index (χ3n) is 5.96. The Kier molecular flexibility index (Phi) is 6.97. The highest BCUT2D eigenvalue weighted by molar-refractivity contribution is 7.89. The highest BCUT2D eigenvalue weighted by Crippen LogP contribution is 2.28. The molecule has 4 aromatic rings. The summed E-state index contributed by atoms with van der Waals surface area (Å²) in [5.74, 6) is -0.375. The van der Waals surface area contributed by atoms with Gasteiger partial charge in [-0.2, -0.15) is 4.31 Å². The number of rotatable bonds is 6. The Balaban J connectivity index is 1.58. The second-order valence-electron chi connectivity index (χ2n) is 8.24. The number of halogens is 1. The number of fused-ring (bicyclic) bond motifs is 1. The molecular formula is C26H23ClN4O4S. The summed E-state index contributed by atoms with van der Waals surface area (Å²) in [6.07, 6.45) is 1.65. The summed E-state index contributed by atoms with van der Waals surface area (Å²) in [4.78, 5) is 22.5. The number of morpholine rings is 1. The van der Waals surface area contributed by atoms with Crippen LogP contribution in [-0.2, 0) is 21.3 Å². The fourth-order valence-corrected chi connectivity index (χ4v) is 5.68. The van der Waals surface area contributed by atoms with Gasteiger partial charge in [-0.1, -0.05) is 35.9 Å². The van der Waals surface area contributed by atoms with Crippen LogP contribution in [0.25, 0.3) is 22.3 Å². The van der Waals surface area contributed by atoms with Gasteiger partial charge >= 0.3 is 0 Å². The van der Waals surface area contributed by atoms with Crippen LogP contribution >= 0.6 is 11.6 Å². The highest BCUT2D eigenvalue weighted by atomic mass is 35.5. The Hall–Kier alpha value is -3.37. The molecule has 1 aliphatic rings. The first-order valence-electron chi connectivity index (χ1n) is 11.4. The summed E-state index contributed by atoms with van der Waals surface area (Å²) in [7, 11) is -3.76. The lowest BCUT2D eigenvalue weighted by atomic mass is 10.1. The lowest BCUT2D eigenvalue weighted by molar-refractivity contribution is 0.0730. The van der Waals surface area contributed by atoms with Gasteiger partial charge in [0, 0.05) is 36.2 Å². The minimum absolute atomic E-state index is 0.101. The second kappa shape index (κ2) is 10.3. The van der Waals surface area contributed by atoms with E-state index in [1.54, 1.807) is 36.5 Å². The van der Waals surface area contributed by atoms with Crippen molar-refractivity contribution in [1.82, 2.24) is 19.6 Å². The number of hydrogen-bond acceptors (Lipinski definition) is 6. The molecule has 10 heteroatoms. The average Bonchev–Trinajstić information content (AvgIpc) is 2.92. The van der Waals surface area contributed by atoms with Gasteiger partial charge in [-0.05, 0) is 48.0 Å². The lowest BCUT2D eigenvalue weighted by Crippen LogP contribution is -2.40. The van der Waals surface area contributed by atoms with Crippen molar-refractivity contribution in [2.24, 2.45) is 0 Å². The van der Waals surface area contributed by atoms with Crippen LogP contribution in [0.5, 0.6) is 0 Å². The van der Waals surface area contributed by atoms with Gasteiger partial charge in [0.1, 0.15) is 0 Å². The predicted molar refractivity (Wildman–Crippen MR) is 137 cm³/mol. The third-order valence-corrected chi connectivity index (χ3v) is 8.22. The van der Waals surface area contributed by atoms with Crippen molar-refractivity contribution in [3.63, 3.8) is 0 Å². The predicted octanol–water partition coefficient (Wildman–Crippen LogP) is 3.90. The highest BCUT2D eigenvalue weighted by Gasteiger charge is 2.27. The lowest BCUT2D eigenvalue weighted by Gasteiger charge is -2.26. The van der Waals surface area contributed by atoms with Crippen LogP contribution in [0.2, 0.25) is 5.02 Å². The molecule has 2 aromatic heterocycles. The van der Waals surface area contributed by atoms with Crippen molar-refractivity contribution < 1.29 is 17.9 Å². The summed E-state index contributed by atoms with van der Waals surface area (Å²) in [6.45, 7) is 1.47. The summed E-state index contributed by atoms with van der Waals surface area (Å²) in [6, 6.07) is 19.0. The molecule has 8 nitrogen and oxygen atoms in total. The number of amides is 1. The van der Waals surface area contributed by atoms with E-state index in [1.807, 2.05) is 24.3 Å². The maximum Gasteiger partial charge on any atom is 0.252 e. The Morgan fingerprint density at radius 2 is 1.78 bits per heavy atom. The molecule has 0 unspecified atom stereocenters. The Morgan fingerprint density at radius 1 is 1.00 bits per heavy atom. The molecule has 1 saturated heterocycles. The van der Waals surface area contributed by atoms with E-state index in [9.17, 15) is 13.2 Å². The fourth-order valence-electron chi connectivity index (χ4n) is 4.05. The minimum Gasteiger partial charge on any atom is -0.379 e. The van der Waals surface area contributed by atoms with Gasteiger partial charge in [-0.25, -0.2) is 13.4 Å². The number of aromatic nitrogens is 2. The van der Waals surface area contributed by atoms with Gasteiger partial charge in [-0.15, -0.1) is 0 Å². The van der Waals surface area contributed by atoms with Crippen LogP contribution in [0, 0.1) is 0 Å². The molecule has 1 N–H and O–H groups in total. The standard InChI is InChI=1S/C26H23ClN4O4S/c27-22-6-2-1-5-18(22)17-29-26(32)21-16-25(24-7-3-4-10-28-24)30-23-9-8-19(15-20(21)23)36(33,34)31-11-13-35-14-12-31/h1-10,15-16H,11-14,17H2,(H,29,32). The molecule has 3 heterocycles. The molecule has 0 aliphatic carbocycles. The molecular weight excluding hydrogens is 500 g/mol. The van der Waals surface area contributed by atoms with Crippen LogP contribution in [0.15, 0.2) is 77.8 Å². The van der Waals surface area contributed by atoms with E-state index >= 15 is 0 Å². The Bertz CT molecular complexity index is 1520. The molecule has 1 amide bonds. The van der Waals surface area contributed by atoms with Gasteiger partial charge in [0.05, 0.1) is 40.6 Å². The number of sulfonamides is 1. The van der Waals surface area contributed by atoms with E-state index in [1.165, 1.54) is 16.4 Å². The van der Waals surface area contributed by atoms with E-state index in [0.29, 0.717) is 46.1 Å². The monoisotopic (exact) mass is 522 g/mol. The number of ether oxygens (including phenoxy) is 1. The number of hydrogen-bond donors (Lipinski definition) is 1. The topological polar surface area (TPSA) is 101 Å². The first-order chi connectivity index (χ1) is 17.4. The van der Waals surface area contributed by atoms with E-state index in [2.05, 4.69) is 15.3 Å². The molecule has 36 heavy (non-hydrogen) atoms. The smallest absolute Gasteiger partial charge is 0.252 e.